The third-order valence-corrected chi connectivity index (χ3v) is 4.25. The molecule has 0 spiro atoms. The van der Waals surface area contributed by atoms with E-state index >= 15 is 0 Å². The van der Waals surface area contributed by atoms with Gasteiger partial charge in [0.1, 0.15) is 29.2 Å². The zero-order valence-electron chi connectivity index (χ0n) is 14.7. The molecule has 0 bridgehead atoms. The molecule has 2 N–H and O–H groups in total. The van der Waals surface area contributed by atoms with Crippen molar-refractivity contribution in [3.05, 3.63) is 59.9 Å². The summed E-state index contributed by atoms with van der Waals surface area (Å²) < 4.78 is 39.4. The highest BCUT2D eigenvalue weighted by Crippen LogP contribution is 2.19. The maximum Gasteiger partial charge on any atom is 0.370 e. The quantitative estimate of drug-likeness (QED) is 0.353. The van der Waals surface area contributed by atoms with E-state index in [-0.39, 0.29) is 16.9 Å². The van der Waals surface area contributed by atoms with Crippen LogP contribution in [0.5, 0.6) is 5.75 Å². The molecule has 0 aliphatic heterocycles. The minimum Gasteiger partial charge on any atom is -0.461 e. The number of aromatic nitrogens is 1. The Bertz CT molecular complexity index is 1000. The molecule has 2 rings (SSSR count). The average Bonchev–Trinajstić information content (AvgIpc) is 2.61. The number of benzene rings is 1. The second kappa shape index (κ2) is 8.95. The molecule has 0 saturated heterocycles. The summed E-state index contributed by atoms with van der Waals surface area (Å²) in [7, 11) is -4.14. The van der Waals surface area contributed by atoms with E-state index < -0.39 is 40.3 Å². The summed E-state index contributed by atoms with van der Waals surface area (Å²) in [5.41, 5.74) is 5.13. The normalized spacial score (nSPS) is 10.8. The number of esters is 2. The number of nitrogens with zero attached hydrogens (tertiary/aromatic N) is 1. The molecule has 1 amide bonds. The van der Waals surface area contributed by atoms with E-state index in [2.05, 4.69) is 0 Å². The number of nitrogens with two attached hydrogens (primary N) is 1. The maximum absolute atomic E-state index is 12.1. The zero-order chi connectivity index (χ0) is 20.7. The number of rotatable bonds is 8. The summed E-state index contributed by atoms with van der Waals surface area (Å²) in [6.07, 6.45) is 2.35. The van der Waals surface area contributed by atoms with Crippen LogP contribution >= 0.6 is 0 Å². The van der Waals surface area contributed by atoms with Crippen LogP contribution in [0.3, 0.4) is 0 Å². The molecular formula is C17H17N2O8S+. The second-order valence-electron chi connectivity index (χ2n) is 5.38. The smallest absolute Gasteiger partial charge is 0.370 e. The fourth-order valence-corrected chi connectivity index (χ4v) is 2.73. The van der Waals surface area contributed by atoms with E-state index in [0.29, 0.717) is 0 Å². The molecule has 1 aromatic carbocycles. The Balaban J connectivity index is 1.97. The number of carbonyl (C=O) groups excluding carboxylic acids is 3. The van der Waals surface area contributed by atoms with Crippen LogP contribution in [0.2, 0.25) is 0 Å². The molecule has 28 heavy (non-hydrogen) atoms. The van der Waals surface area contributed by atoms with Crippen molar-refractivity contribution in [3.63, 3.8) is 0 Å². The lowest BCUT2D eigenvalue weighted by molar-refractivity contribution is -0.856. The highest BCUT2D eigenvalue weighted by Gasteiger charge is 2.22. The molecule has 1 aromatic heterocycles. The fraction of sp³-hybridized carbons (Fsp3) is 0.176. The van der Waals surface area contributed by atoms with Gasteiger partial charge in [-0.25, -0.2) is 4.79 Å². The zero-order valence-corrected chi connectivity index (χ0v) is 15.5. The number of hydrogen-bond donors (Lipinski definition) is 1. The van der Waals surface area contributed by atoms with Gasteiger partial charge in [0.15, 0.2) is 0 Å². The van der Waals surface area contributed by atoms with Gasteiger partial charge >= 0.3 is 22.1 Å². The molecule has 0 radical (unpaired) electrons. The van der Waals surface area contributed by atoms with Crippen LogP contribution in [0.15, 0.2) is 48.8 Å². The van der Waals surface area contributed by atoms with Crippen LogP contribution in [0, 0.1) is 0 Å². The molecule has 0 aliphatic carbocycles. The van der Waals surface area contributed by atoms with Gasteiger partial charge < -0.3 is 15.2 Å². The molecule has 11 heteroatoms. The SMILES string of the molecule is CC(=O)Oc1ccccc1C(=O)OCCS(=O)(=O)O[n+]1cccc(C(N)=O)c1. The van der Waals surface area contributed by atoms with Gasteiger partial charge in [-0.3, -0.25) is 9.59 Å². The Labute approximate surface area is 160 Å². The van der Waals surface area contributed by atoms with Crippen molar-refractivity contribution < 1.29 is 41.3 Å². The standard InChI is InChI=1S/C17H16N2O8S/c1-12(20)26-15-7-3-2-6-14(15)17(22)25-9-10-28(23,24)27-19-8-4-5-13(11-19)16(18)21/h2-8,11H,9-10H2,1H3,(H-,18,21)/p+1. The summed E-state index contributed by atoms with van der Waals surface area (Å²) >= 11 is 0. The Morgan fingerprint density at radius 1 is 1.11 bits per heavy atom. The fourth-order valence-electron chi connectivity index (χ4n) is 2.01. The van der Waals surface area contributed by atoms with Crippen LogP contribution in [0.25, 0.3) is 0 Å². The molecule has 0 aliphatic rings. The van der Waals surface area contributed by atoms with Gasteiger partial charge in [-0.1, -0.05) is 12.1 Å². The predicted molar refractivity (Wildman–Crippen MR) is 93.6 cm³/mol. The summed E-state index contributed by atoms with van der Waals surface area (Å²) in [5.74, 6) is -2.89. The van der Waals surface area contributed by atoms with Crippen LogP contribution in [0.1, 0.15) is 27.6 Å². The van der Waals surface area contributed by atoms with Gasteiger partial charge in [-0.15, -0.1) is 4.28 Å². The highest BCUT2D eigenvalue weighted by atomic mass is 32.2. The largest absolute Gasteiger partial charge is 0.461 e. The topological polar surface area (TPSA) is 143 Å². The second-order valence-corrected chi connectivity index (χ2v) is 7.05. The summed E-state index contributed by atoms with van der Waals surface area (Å²) in [6.45, 7) is 0.669. The molecule has 0 atom stereocenters. The molecular weight excluding hydrogens is 392 g/mol. The van der Waals surface area contributed by atoms with Crippen molar-refractivity contribution in [2.24, 2.45) is 5.73 Å². The van der Waals surface area contributed by atoms with E-state index in [1.165, 1.54) is 43.5 Å². The molecule has 0 unspecified atom stereocenters. The van der Waals surface area contributed by atoms with Crippen LogP contribution in [0.4, 0.5) is 0 Å². The molecule has 10 nitrogen and oxygen atoms in total. The van der Waals surface area contributed by atoms with Crippen molar-refractivity contribution in [2.45, 2.75) is 6.92 Å². The van der Waals surface area contributed by atoms with Gasteiger partial charge in [0.25, 0.3) is 5.91 Å². The van der Waals surface area contributed by atoms with Gasteiger partial charge in [0.2, 0.25) is 12.4 Å². The van der Waals surface area contributed by atoms with Gasteiger partial charge in [0.05, 0.1) is 0 Å². The van der Waals surface area contributed by atoms with Crippen molar-refractivity contribution >= 4 is 28.0 Å². The van der Waals surface area contributed by atoms with Crippen molar-refractivity contribution in [3.8, 4) is 5.75 Å². The lowest BCUT2D eigenvalue weighted by Gasteiger charge is -2.08. The number of para-hydroxylation sites is 1. The van der Waals surface area contributed by atoms with Gasteiger partial charge in [-0.2, -0.15) is 8.42 Å². The number of primary amides is 1. The number of amides is 1. The number of hydrogen-bond acceptors (Lipinski definition) is 8. The first kappa shape index (κ1) is 20.8. The molecule has 0 saturated carbocycles. The maximum atomic E-state index is 12.1. The third kappa shape index (κ3) is 6.06. The molecule has 1 heterocycles. The van der Waals surface area contributed by atoms with Crippen LogP contribution < -0.4 is 19.5 Å². The van der Waals surface area contributed by atoms with Crippen molar-refractivity contribution in [2.75, 3.05) is 12.4 Å². The number of carbonyl (C=O) groups is 3. The lowest BCUT2D eigenvalue weighted by Crippen LogP contribution is -2.47. The monoisotopic (exact) mass is 409 g/mol. The van der Waals surface area contributed by atoms with Gasteiger partial charge in [-0.05, 0) is 18.2 Å². The van der Waals surface area contributed by atoms with E-state index in [4.69, 9.17) is 19.5 Å². The summed E-state index contributed by atoms with van der Waals surface area (Å²) in [6, 6.07) is 8.63. The Morgan fingerprint density at radius 2 is 1.82 bits per heavy atom. The van der Waals surface area contributed by atoms with E-state index in [1.54, 1.807) is 6.07 Å². The minimum atomic E-state index is -4.14. The lowest BCUT2D eigenvalue weighted by atomic mass is 10.2. The number of pyridine rings is 1. The minimum absolute atomic E-state index is 0.00192. The first-order valence-electron chi connectivity index (χ1n) is 7.86. The molecule has 0 fully saturated rings. The van der Waals surface area contributed by atoms with Crippen molar-refractivity contribution in [1.29, 1.82) is 0 Å². The summed E-state index contributed by atoms with van der Waals surface area (Å²) in [5, 5.41) is 0. The molecule has 2 aromatic rings. The van der Waals surface area contributed by atoms with Gasteiger partial charge in [0, 0.05) is 17.7 Å². The van der Waals surface area contributed by atoms with E-state index in [1.807, 2.05) is 0 Å². The first-order chi connectivity index (χ1) is 13.2. The Kier molecular flexibility index (Phi) is 6.66. The average molecular weight is 409 g/mol. The van der Waals surface area contributed by atoms with E-state index in [0.717, 1.165) is 10.9 Å². The van der Waals surface area contributed by atoms with Crippen LogP contribution in [-0.4, -0.2) is 38.6 Å². The van der Waals surface area contributed by atoms with Crippen LogP contribution in [-0.2, 0) is 19.6 Å². The third-order valence-electron chi connectivity index (χ3n) is 3.19. The Hall–Kier alpha value is -3.47. The Morgan fingerprint density at radius 3 is 2.50 bits per heavy atom. The van der Waals surface area contributed by atoms with Crippen molar-refractivity contribution in [1.82, 2.24) is 0 Å². The first-order valence-corrected chi connectivity index (χ1v) is 9.44. The highest BCUT2D eigenvalue weighted by molar-refractivity contribution is 7.86. The van der Waals surface area contributed by atoms with E-state index in [9.17, 15) is 22.8 Å². The number of ether oxygens (including phenoxy) is 2. The molecule has 148 valence electrons. The predicted octanol–water partition coefficient (Wildman–Crippen LogP) is -0.386. The summed E-state index contributed by atoms with van der Waals surface area (Å²) in [4.78, 5) is 34.3.